The first-order valence-corrected chi connectivity index (χ1v) is 5.49. The number of rotatable bonds is 7. The summed E-state index contributed by atoms with van der Waals surface area (Å²) in [5, 5.41) is 0. The lowest BCUT2D eigenvalue weighted by atomic mass is 10.1. The zero-order valence-corrected chi connectivity index (χ0v) is 10.7. The lowest BCUT2D eigenvalue weighted by Gasteiger charge is -2.02. The quantitative estimate of drug-likeness (QED) is 0.494. The Morgan fingerprint density at radius 2 is 1.81 bits per heavy atom. The van der Waals surface area contributed by atoms with Gasteiger partial charge in [-0.15, -0.1) is 0 Å². The van der Waals surface area contributed by atoms with Gasteiger partial charge in [-0.3, -0.25) is 4.79 Å². The number of ether oxygens (including phenoxy) is 2. The van der Waals surface area contributed by atoms with Gasteiger partial charge in [0, 0.05) is 14.0 Å². The number of methoxy groups -OCH3 is 1. The number of esters is 1. The molecule has 0 radical (unpaired) electrons. The maximum Gasteiger partial charge on any atom is 0.302 e. The van der Waals surface area contributed by atoms with Gasteiger partial charge in [0.25, 0.3) is 0 Å². The smallest absolute Gasteiger partial charge is 0.302 e. The molecule has 0 aliphatic rings. The zero-order chi connectivity index (χ0) is 12.4. The normalized spacial score (nSPS) is 12.8. The summed E-state index contributed by atoms with van der Waals surface area (Å²) in [5.41, 5.74) is 2.41. The van der Waals surface area contributed by atoms with Gasteiger partial charge in [-0.25, -0.2) is 0 Å². The fraction of sp³-hybridized carbons (Fsp3) is 0.615. The third kappa shape index (κ3) is 9.46. The number of carbonyl (C=O) groups is 1. The Hall–Kier alpha value is -1.09. The SMILES string of the molecule is COCC=C(C)CCC=C(C)COC(C)=O. The molecule has 3 nitrogen and oxygen atoms in total. The maximum absolute atomic E-state index is 10.6. The van der Waals surface area contributed by atoms with Crippen LogP contribution in [0.15, 0.2) is 23.3 Å². The lowest BCUT2D eigenvalue weighted by molar-refractivity contribution is -0.139. The number of carbonyl (C=O) groups excluding carboxylic acids is 1. The Morgan fingerprint density at radius 1 is 1.12 bits per heavy atom. The monoisotopic (exact) mass is 226 g/mol. The lowest BCUT2D eigenvalue weighted by Crippen LogP contribution is -2.01. The molecule has 0 amide bonds. The Morgan fingerprint density at radius 3 is 2.38 bits per heavy atom. The van der Waals surface area contributed by atoms with E-state index in [2.05, 4.69) is 19.1 Å². The van der Waals surface area contributed by atoms with E-state index in [0.717, 1.165) is 18.4 Å². The minimum absolute atomic E-state index is 0.232. The second kappa shape index (κ2) is 9.16. The number of hydrogen-bond acceptors (Lipinski definition) is 3. The molecule has 0 aliphatic carbocycles. The van der Waals surface area contributed by atoms with Crippen LogP contribution in [0.4, 0.5) is 0 Å². The predicted molar refractivity (Wildman–Crippen MR) is 65.3 cm³/mol. The first-order valence-electron chi connectivity index (χ1n) is 5.49. The van der Waals surface area contributed by atoms with Crippen LogP contribution in [0.3, 0.4) is 0 Å². The molecule has 92 valence electrons. The van der Waals surface area contributed by atoms with E-state index in [1.54, 1.807) is 7.11 Å². The summed E-state index contributed by atoms with van der Waals surface area (Å²) in [7, 11) is 1.69. The van der Waals surface area contributed by atoms with E-state index < -0.39 is 0 Å². The van der Waals surface area contributed by atoms with Crippen LogP contribution in [0, 0.1) is 0 Å². The standard InChI is InChI=1S/C13H22O3/c1-11(8-9-15-4)6-5-7-12(2)10-16-13(3)14/h7-8H,5-6,9-10H2,1-4H3. The molecule has 0 spiro atoms. The van der Waals surface area contributed by atoms with Gasteiger partial charge in [0.15, 0.2) is 0 Å². The molecule has 0 heterocycles. The summed E-state index contributed by atoms with van der Waals surface area (Å²) >= 11 is 0. The van der Waals surface area contributed by atoms with Crippen LogP contribution in [-0.4, -0.2) is 26.3 Å². The van der Waals surface area contributed by atoms with Crippen LogP contribution in [0.5, 0.6) is 0 Å². The predicted octanol–water partition coefficient (Wildman–Crippen LogP) is 2.87. The van der Waals surface area contributed by atoms with E-state index in [4.69, 9.17) is 9.47 Å². The maximum atomic E-state index is 10.6. The van der Waals surface area contributed by atoms with Crippen LogP contribution in [0.1, 0.15) is 33.6 Å². The number of hydrogen-bond donors (Lipinski definition) is 0. The highest BCUT2D eigenvalue weighted by atomic mass is 16.5. The highest BCUT2D eigenvalue weighted by molar-refractivity contribution is 5.66. The van der Waals surface area contributed by atoms with E-state index in [1.165, 1.54) is 12.5 Å². The van der Waals surface area contributed by atoms with E-state index >= 15 is 0 Å². The van der Waals surface area contributed by atoms with Gasteiger partial charge >= 0.3 is 5.97 Å². The Labute approximate surface area is 98.1 Å². The molecule has 3 heteroatoms. The first kappa shape index (κ1) is 14.9. The van der Waals surface area contributed by atoms with Crippen LogP contribution in [-0.2, 0) is 14.3 Å². The van der Waals surface area contributed by atoms with E-state index in [-0.39, 0.29) is 5.97 Å². The molecule has 0 aromatic heterocycles. The second-order valence-corrected chi connectivity index (χ2v) is 3.88. The molecule has 0 aromatic rings. The Balaban J connectivity index is 3.77. The third-order valence-corrected chi connectivity index (χ3v) is 2.13. The minimum Gasteiger partial charge on any atom is -0.461 e. The van der Waals surface area contributed by atoms with Gasteiger partial charge in [-0.05, 0) is 32.3 Å². The highest BCUT2D eigenvalue weighted by Gasteiger charge is 1.94. The highest BCUT2D eigenvalue weighted by Crippen LogP contribution is 2.06. The van der Waals surface area contributed by atoms with E-state index in [1.807, 2.05) is 6.92 Å². The van der Waals surface area contributed by atoms with E-state index in [9.17, 15) is 4.79 Å². The number of allylic oxidation sites excluding steroid dienone is 2. The Bertz CT molecular complexity index is 264. The van der Waals surface area contributed by atoms with Crippen LogP contribution in [0.2, 0.25) is 0 Å². The summed E-state index contributed by atoms with van der Waals surface area (Å²) in [6.45, 7) is 6.55. The van der Waals surface area contributed by atoms with Gasteiger partial charge in [0.05, 0.1) is 6.61 Å². The van der Waals surface area contributed by atoms with Crippen LogP contribution in [0.25, 0.3) is 0 Å². The molecule has 0 N–H and O–H groups in total. The molecule has 0 rings (SSSR count). The molecular formula is C13H22O3. The molecular weight excluding hydrogens is 204 g/mol. The summed E-state index contributed by atoms with van der Waals surface area (Å²) in [6.07, 6.45) is 6.17. The van der Waals surface area contributed by atoms with Gasteiger partial charge in [0.2, 0.25) is 0 Å². The van der Waals surface area contributed by atoms with Crippen LogP contribution < -0.4 is 0 Å². The van der Waals surface area contributed by atoms with Crippen molar-refractivity contribution in [2.24, 2.45) is 0 Å². The van der Waals surface area contributed by atoms with Crippen LogP contribution >= 0.6 is 0 Å². The summed E-state index contributed by atoms with van der Waals surface area (Å²) < 4.78 is 9.84. The Kier molecular flexibility index (Phi) is 8.53. The summed E-state index contributed by atoms with van der Waals surface area (Å²) in [6, 6.07) is 0. The molecule has 0 unspecified atom stereocenters. The van der Waals surface area contributed by atoms with Crippen molar-refractivity contribution in [3.05, 3.63) is 23.3 Å². The molecule has 16 heavy (non-hydrogen) atoms. The molecule has 0 saturated carbocycles. The fourth-order valence-electron chi connectivity index (χ4n) is 1.15. The molecule has 0 bridgehead atoms. The van der Waals surface area contributed by atoms with Crippen molar-refractivity contribution < 1.29 is 14.3 Å². The summed E-state index contributed by atoms with van der Waals surface area (Å²) in [5.74, 6) is -0.232. The van der Waals surface area contributed by atoms with Crippen molar-refractivity contribution in [1.82, 2.24) is 0 Å². The van der Waals surface area contributed by atoms with Gasteiger partial charge in [0.1, 0.15) is 6.61 Å². The molecule has 0 atom stereocenters. The second-order valence-electron chi connectivity index (χ2n) is 3.88. The molecule has 0 aromatic carbocycles. The topological polar surface area (TPSA) is 35.5 Å². The van der Waals surface area contributed by atoms with Crippen molar-refractivity contribution in [3.63, 3.8) is 0 Å². The van der Waals surface area contributed by atoms with Gasteiger partial charge < -0.3 is 9.47 Å². The first-order chi connectivity index (χ1) is 7.56. The molecule has 0 aliphatic heterocycles. The zero-order valence-electron chi connectivity index (χ0n) is 10.7. The van der Waals surface area contributed by atoms with Crippen molar-refractivity contribution >= 4 is 5.97 Å². The minimum atomic E-state index is -0.232. The molecule has 0 saturated heterocycles. The van der Waals surface area contributed by atoms with Crippen molar-refractivity contribution in [2.75, 3.05) is 20.3 Å². The average Bonchev–Trinajstić information content (AvgIpc) is 2.23. The van der Waals surface area contributed by atoms with Crippen molar-refractivity contribution in [1.29, 1.82) is 0 Å². The van der Waals surface area contributed by atoms with Crippen molar-refractivity contribution in [2.45, 2.75) is 33.6 Å². The van der Waals surface area contributed by atoms with Gasteiger partial charge in [-0.2, -0.15) is 0 Å². The third-order valence-electron chi connectivity index (χ3n) is 2.13. The average molecular weight is 226 g/mol. The largest absolute Gasteiger partial charge is 0.461 e. The molecule has 0 fully saturated rings. The fourth-order valence-corrected chi connectivity index (χ4v) is 1.15. The summed E-state index contributed by atoms with van der Waals surface area (Å²) in [4.78, 5) is 10.6. The van der Waals surface area contributed by atoms with Gasteiger partial charge in [-0.1, -0.05) is 17.7 Å². The van der Waals surface area contributed by atoms with E-state index in [0.29, 0.717) is 13.2 Å². The van der Waals surface area contributed by atoms with Crippen molar-refractivity contribution in [3.8, 4) is 0 Å².